The van der Waals surface area contributed by atoms with E-state index in [0.717, 1.165) is 13.1 Å². The number of hydrogen-bond donors (Lipinski definition) is 1. The maximum atomic E-state index is 5.72. The molecule has 0 atom stereocenters. The molecule has 1 spiro atoms. The summed E-state index contributed by atoms with van der Waals surface area (Å²) in [5, 5.41) is 1.96. The van der Waals surface area contributed by atoms with Crippen LogP contribution in [0.1, 0.15) is 19.8 Å². The van der Waals surface area contributed by atoms with Gasteiger partial charge in [-0.15, -0.1) is 0 Å². The van der Waals surface area contributed by atoms with Gasteiger partial charge in [-0.1, -0.05) is 6.92 Å². The maximum absolute atomic E-state index is 5.72. The van der Waals surface area contributed by atoms with Crippen molar-refractivity contribution >= 4 is 0 Å². The Hall–Kier alpha value is -0.120. The summed E-state index contributed by atoms with van der Waals surface area (Å²) in [6.07, 6.45) is 2.61. The van der Waals surface area contributed by atoms with Crippen LogP contribution in [0.5, 0.6) is 0 Å². The molecule has 2 saturated heterocycles. The lowest BCUT2D eigenvalue weighted by Crippen LogP contribution is -2.60. The van der Waals surface area contributed by atoms with Crippen molar-refractivity contribution < 1.29 is 0 Å². The van der Waals surface area contributed by atoms with Gasteiger partial charge >= 0.3 is 0 Å². The van der Waals surface area contributed by atoms with Gasteiger partial charge in [0.25, 0.3) is 0 Å². The Kier molecular flexibility index (Phi) is 2.10. The van der Waals surface area contributed by atoms with E-state index in [1.165, 1.54) is 32.5 Å². The highest BCUT2D eigenvalue weighted by Crippen LogP contribution is 2.39. The predicted octanol–water partition coefficient (Wildman–Crippen LogP) is 0.278. The Labute approximate surface area is 74.5 Å². The van der Waals surface area contributed by atoms with E-state index in [-0.39, 0.29) is 0 Å². The van der Waals surface area contributed by atoms with Crippen molar-refractivity contribution in [3.63, 3.8) is 0 Å². The van der Waals surface area contributed by atoms with Crippen LogP contribution in [-0.2, 0) is 0 Å². The van der Waals surface area contributed by atoms with Gasteiger partial charge in [-0.25, -0.2) is 5.01 Å². The Morgan fingerprint density at radius 1 is 1.25 bits per heavy atom. The van der Waals surface area contributed by atoms with Crippen LogP contribution < -0.4 is 5.84 Å². The highest BCUT2D eigenvalue weighted by atomic mass is 15.4. The average Bonchev–Trinajstić information content (AvgIpc) is 2.02. The van der Waals surface area contributed by atoms with Crippen LogP contribution >= 0.6 is 0 Å². The second-order valence-corrected chi connectivity index (χ2v) is 4.34. The number of likely N-dealkylation sites (tertiary alicyclic amines) is 1. The minimum atomic E-state index is 0.659. The molecular formula is C9H19N3. The average molecular weight is 169 g/mol. The SMILES string of the molecule is CCN1CC2(CCN(N)CC2)C1. The number of nitrogens with two attached hydrogens (primary N) is 1. The summed E-state index contributed by atoms with van der Waals surface area (Å²) in [6, 6.07) is 0. The molecule has 2 aliphatic rings. The fourth-order valence-corrected chi connectivity index (χ4v) is 2.44. The van der Waals surface area contributed by atoms with Crippen LogP contribution in [0.4, 0.5) is 0 Å². The Morgan fingerprint density at radius 2 is 1.83 bits per heavy atom. The third-order valence-corrected chi connectivity index (χ3v) is 3.42. The van der Waals surface area contributed by atoms with Crippen LogP contribution in [0, 0.1) is 5.41 Å². The van der Waals surface area contributed by atoms with Crippen LogP contribution in [0.25, 0.3) is 0 Å². The van der Waals surface area contributed by atoms with E-state index in [2.05, 4.69) is 11.8 Å². The highest BCUT2D eigenvalue weighted by Gasteiger charge is 2.43. The van der Waals surface area contributed by atoms with E-state index < -0.39 is 0 Å². The summed E-state index contributed by atoms with van der Waals surface area (Å²) in [5.41, 5.74) is 0.659. The zero-order valence-electron chi connectivity index (χ0n) is 7.92. The first kappa shape index (κ1) is 8.48. The second-order valence-electron chi connectivity index (χ2n) is 4.34. The molecule has 3 heteroatoms. The van der Waals surface area contributed by atoms with Crippen molar-refractivity contribution in [1.29, 1.82) is 0 Å². The molecular weight excluding hydrogens is 150 g/mol. The molecule has 0 radical (unpaired) electrons. The fraction of sp³-hybridized carbons (Fsp3) is 1.00. The zero-order valence-corrected chi connectivity index (χ0v) is 7.92. The van der Waals surface area contributed by atoms with E-state index >= 15 is 0 Å². The first-order valence-corrected chi connectivity index (χ1v) is 4.96. The van der Waals surface area contributed by atoms with E-state index in [1.54, 1.807) is 0 Å². The van der Waals surface area contributed by atoms with Gasteiger partial charge in [-0.05, 0) is 24.8 Å². The number of hydrazine groups is 1. The molecule has 12 heavy (non-hydrogen) atoms. The molecule has 0 aromatic heterocycles. The lowest BCUT2D eigenvalue weighted by atomic mass is 9.72. The van der Waals surface area contributed by atoms with Crippen molar-refractivity contribution in [2.24, 2.45) is 11.3 Å². The van der Waals surface area contributed by atoms with Crippen molar-refractivity contribution in [3.05, 3.63) is 0 Å². The topological polar surface area (TPSA) is 32.5 Å². The smallest absolute Gasteiger partial charge is 0.0134 e. The van der Waals surface area contributed by atoms with Crippen LogP contribution in [0.15, 0.2) is 0 Å². The summed E-state index contributed by atoms with van der Waals surface area (Å²) in [4.78, 5) is 2.52. The maximum Gasteiger partial charge on any atom is 0.0134 e. The molecule has 0 aromatic rings. The van der Waals surface area contributed by atoms with Gasteiger partial charge in [0.2, 0.25) is 0 Å². The van der Waals surface area contributed by atoms with Crippen molar-refractivity contribution in [2.45, 2.75) is 19.8 Å². The minimum absolute atomic E-state index is 0.659. The summed E-state index contributed by atoms with van der Waals surface area (Å²) in [7, 11) is 0. The summed E-state index contributed by atoms with van der Waals surface area (Å²) in [6.45, 7) is 8.28. The van der Waals surface area contributed by atoms with E-state index in [4.69, 9.17) is 5.84 Å². The largest absolute Gasteiger partial charge is 0.302 e. The second kappa shape index (κ2) is 2.98. The Morgan fingerprint density at radius 3 is 2.33 bits per heavy atom. The van der Waals surface area contributed by atoms with Gasteiger partial charge in [0, 0.05) is 26.2 Å². The molecule has 2 rings (SSSR count). The van der Waals surface area contributed by atoms with Gasteiger partial charge < -0.3 is 4.90 Å². The molecule has 70 valence electrons. The number of rotatable bonds is 1. The molecule has 3 nitrogen and oxygen atoms in total. The lowest BCUT2D eigenvalue weighted by Gasteiger charge is -2.53. The molecule has 2 aliphatic heterocycles. The number of hydrogen-bond acceptors (Lipinski definition) is 3. The third-order valence-electron chi connectivity index (χ3n) is 3.42. The van der Waals surface area contributed by atoms with Crippen LogP contribution in [0.2, 0.25) is 0 Å². The van der Waals surface area contributed by atoms with Gasteiger partial charge in [0.15, 0.2) is 0 Å². The van der Waals surface area contributed by atoms with Crippen LogP contribution in [0.3, 0.4) is 0 Å². The van der Waals surface area contributed by atoms with Gasteiger partial charge in [0.1, 0.15) is 0 Å². The molecule has 2 fully saturated rings. The Bertz CT molecular complexity index is 146. The summed E-state index contributed by atoms with van der Waals surface area (Å²) >= 11 is 0. The molecule has 0 aliphatic carbocycles. The first-order valence-electron chi connectivity index (χ1n) is 4.96. The summed E-state index contributed by atoms with van der Waals surface area (Å²) < 4.78 is 0. The highest BCUT2D eigenvalue weighted by molar-refractivity contribution is 4.97. The molecule has 2 heterocycles. The molecule has 0 aromatic carbocycles. The van der Waals surface area contributed by atoms with Crippen molar-refractivity contribution in [2.75, 3.05) is 32.7 Å². The monoisotopic (exact) mass is 169 g/mol. The standard InChI is InChI=1S/C9H19N3/c1-2-11-7-9(8-11)3-5-12(10)6-4-9/h2-8,10H2,1H3. The number of piperidine rings is 1. The lowest BCUT2D eigenvalue weighted by molar-refractivity contribution is -0.0435. The van der Waals surface area contributed by atoms with E-state index in [0.29, 0.717) is 5.41 Å². The molecule has 0 saturated carbocycles. The quantitative estimate of drug-likeness (QED) is 0.572. The Balaban J connectivity index is 1.83. The number of nitrogens with zero attached hydrogens (tertiary/aromatic N) is 2. The summed E-state index contributed by atoms with van der Waals surface area (Å²) in [5.74, 6) is 5.72. The molecule has 0 bridgehead atoms. The predicted molar refractivity (Wildman–Crippen MR) is 49.5 cm³/mol. The van der Waals surface area contributed by atoms with Crippen LogP contribution in [-0.4, -0.2) is 42.6 Å². The first-order chi connectivity index (χ1) is 5.74. The normalized spacial score (nSPS) is 30.5. The fourth-order valence-electron chi connectivity index (χ4n) is 2.44. The van der Waals surface area contributed by atoms with E-state index in [1.807, 2.05) is 5.01 Å². The van der Waals surface area contributed by atoms with Crippen molar-refractivity contribution in [1.82, 2.24) is 9.91 Å². The third kappa shape index (κ3) is 1.37. The molecule has 2 N–H and O–H groups in total. The van der Waals surface area contributed by atoms with E-state index in [9.17, 15) is 0 Å². The molecule has 0 amide bonds. The molecule has 0 unspecified atom stereocenters. The van der Waals surface area contributed by atoms with Gasteiger partial charge in [-0.2, -0.15) is 0 Å². The minimum Gasteiger partial charge on any atom is -0.302 e. The zero-order chi connectivity index (χ0) is 8.60. The van der Waals surface area contributed by atoms with Gasteiger partial charge in [0.05, 0.1) is 0 Å². The van der Waals surface area contributed by atoms with Gasteiger partial charge in [-0.3, -0.25) is 5.84 Å². The van der Waals surface area contributed by atoms with Crippen molar-refractivity contribution in [3.8, 4) is 0 Å².